The predicted octanol–water partition coefficient (Wildman–Crippen LogP) is 2.99. The molecule has 10 heteroatoms. The molecule has 0 radical (unpaired) electrons. The van der Waals surface area contributed by atoms with Crippen LogP contribution in [-0.2, 0) is 4.79 Å². The van der Waals surface area contributed by atoms with Crippen molar-refractivity contribution in [2.45, 2.75) is 12.1 Å². The predicted molar refractivity (Wildman–Crippen MR) is 93.9 cm³/mol. The van der Waals surface area contributed by atoms with E-state index < -0.39 is 0 Å². The molecule has 9 nitrogen and oxygen atoms in total. The van der Waals surface area contributed by atoms with E-state index in [0.717, 1.165) is 11.8 Å². The van der Waals surface area contributed by atoms with E-state index >= 15 is 0 Å². The number of benzene rings is 1. The van der Waals surface area contributed by atoms with Crippen LogP contribution >= 0.6 is 11.8 Å². The number of amides is 1. The normalized spacial score (nSPS) is 12.2. The fourth-order valence-corrected chi connectivity index (χ4v) is 2.98. The average molecular weight is 387 g/mol. The number of fused-ring (bicyclic) bond motifs is 1. The van der Waals surface area contributed by atoms with Crippen molar-refractivity contribution in [2.75, 3.05) is 17.9 Å². The lowest BCUT2D eigenvalue weighted by Crippen LogP contribution is -2.16. The highest BCUT2D eigenvalue weighted by Crippen LogP contribution is 2.37. The first-order chi connectivity index (χ1) is 13.1. The number of anilines is 1. The van der Waals surface area contributed by atoms with Gasteiger partial charge in [0.2, 0.25) is 12.7 Å². The summed E-state index contributed by atoms with van der Waals surface area (Å²) in [6, 6.07) is 6.53. The minimum Gasteiger partial charge on any atom is -0.459 e. The Labute approximate surface area is 157 Å². The maximum atomic E-state index is 12.3. The smallest absolute Gasteiger partial charge is 0.284 e. The van der Waals surface area contributed by atoms with Gasteiger partial charge >= 0.3 is 0 Å². The minimum atomic E-state index is -0.334. The molecule has 138 valence electrons. The summed E-state index contributed by atoms with van der Waals surface area (Å²) in [6.45, 7) is 1.49. The Morgan fingerprint density at radius 3 is 2.78 bits per heavy atom. The van der Waals surface area contributed by atoms with E-state index in [0.29, 0.717) is 28.5 Å². The Kier molecular flexibility index (Phi) is 4.55. The molecule has 1 aromatic carbocycles. The number of carbonyl (C=O) groups is 2. The summed E-state index contributed by atoms with van der Waals surface area (Å²) in [6.07, 6.45) is 1.50. The molecular weight excluding hydrogens is 374 g/mol. The number of thioether (sulfide) groups is 1. The van der Waals surface area contributed by atoms with E-state index in [-0.39, 0.29) is 35.3 Å². The molecule has 0 saturated heterocycles. The van der Waals surface area contributed by atoms with Gasteiger partial charge in [-0.25, -0.2) is 0 Å². The van der Waals surface area contributed by atoms with Gasteiger partial charge in [0, 0.05) is 11.6 Å². The van der Waals surface area contributed by atoms with Crippen molar-refractivity contribution in [1.29, 1.82) is 0 Å². The van der Waals surface area contributed by atoms with Gasteiger partial charge in [0.1, 0.15) is 0 Å². The van der Waals surface area contributed by atoms with Crippen LogP contribution in [0, 0.1) is 0 Å². The average Bonchev–Trinajstić information content (AvgIpc) is 3.38. The topological polar surface area (TPSA) is 117 Å². The van der Waals surface area contributed by atoms with Crippen LogP contribution in [0.3, 0.4) is 0 Å². The summed E-state index contributed by atoms with van der Waals surface area (Å²) in [4.78, 5) is 24.1. The summed E-state index contributed by atoms with van der Waals surface area (Å²) in [7, 11) is 0. The third kappa shape index (κ3) is 3.65. The van der Waals surface area contributed by atoms with Crippen molar-refractivity contribution in [3.63, 3.8) is 0 Å². The van der Waals surface area contributed by atoms with E-state index in [4.69, 9.17) is 18.3 Å². The third-order valence-electron chi connectivity index (χ3n) is 3.63. The molecule has 3 heterocycles. The molecule has 1 N–H and O–H groups in total. The molecule has 0 saturated carbocycles. The Morgan fingerprint density at radius 1 is 1.22 bits per heavy atom. The van der Waals surface area contributed by atoms with Crippen molar-refractivity contribution in [2.24, 2.45) is 0 Å². The maximum absolute atomic E-state index is 12.3. The highest BCUT2D eigenvalue weighted by Gasteiger charge is 2.21. The van der Waals surface area contributed by atoms with E-state index in [9.17, 15) is 9.59 Å². The number of hydrogen-bond donors (Lipinski definition) is 1. The summed E-state index contributed by atoms with van der Waals surface area (Å²) in [5.41, 5.74) is 0.703. The third-order valence-corrected chi connectivity index (χ3v) is 4.45. The number of nitrogens with zero attached hydrogens (tertiary/aromatic N) is 2. The van der Waals surface area contributed by atoms with Gasteiger partial charge in [0.25, 0.3) is 11.1 Å². The summed E-state index contributed by atoms with van der Waals surface area (Å²) >= 11 is 1.07. The number of furan rings is 1. The lowest BCUT2D eigenvalue weighted by atomic mass is 10.1. The number of rotatable bonds is 6. The van der Waals surface area contributed by atoms with Crippen molar-refractivity contribution in [1.82, 2.24) is 10.2 Å². The molecule has 0 unspecified atom stereocenters. The van der Waals surface area contributed by atoms with Gasteiger partial charge < -0.3 is 23.6 Å². The van der Waals surface area contributed by atoms with E-state index in [1.54, 1.807) is 24.3 Å². The maximum Gasteiger partial charge on any atom is 0.284 e. The molecule has 0 aliphatic carbocycles. The Balaban J connectivity index is 1.42. The standard InChI is InChI=1S/C17H13N3O6S/c1-9(21)10-5-13-14(25-8-24-13)6-11(10)18-15(22)7-27-17-20-19-16(26-17)12-3-2-4-23-12/h2-6H,7-8H2,1H3,(H,18,22). The lowest BCUT2D eigenvalue weighted by Gasteiger charge is -2.10. The molecule has 1 amide bonds. The van der Waals surface area contributed by atoms with Crippen molar-refractivity contribution < 1.29 is 27.9 Å². The van der Waals surface area contributed by atoms with Crippen molar-refractivity contribution in [3.05, 3.63) is 36.1 Å². The van der Waals surface area contributed by atoms with Crippen LogP contribution in [0.1, 0.15) is 17.3 Å². The van der Waals surface area contributed by atoms with Crippen LogP contribution in [0.15, 0.2) is 44.6 Å². The van der Waals surface area contributed by atoms with Gasteiger partial charge in [-0.15, -0.1) is 10.2 Å². The van der Waals surface area contributed by atoms with Gasteiger partial charge in [-0.2, -0.15) is 0 Å². The first-order valence-corrected chi connectivity index (χ1v) is 8.83. The molecule has 27 heavy (non-hydrogen) atoms. The number of ether oxygens (including phenoxy) is 2. The molecule has 0 fully saturated rings. The molecule has 2 aromatic heterocycles. The minimum absolute atomic E-state index is 0.0194. The van der Waals surface area contributed by atoms with E-state index in [2.05, 4.69) is 15.5 Å². The Morgan fingerprint density at radius 2 is 2.04 bits per heavy atom. The second-order valence-corrected chi connectivity index (χ2v) is 6.42. The highest BCUT2D eigenvalue weighted by molar-refractivity contribution is 7.99. The van der Waals surface area contributed by atoms with Crippen LogP contribution in [0.2, 0.25) is 0 Å². The number of ketones is 1. The zero-order valence-corrected chi connectivity index (χ0v) is 14.9. The molecule has 1 aliphatic heterocycles. The second-order valence-electron chi connectivity index (χ2n) is 5.49. The fourth-order valence-electron chi connectivity index (χ4n) is 2.42. The highest BCUT2D eigenvalue weighted by atomic mass is 32.2. The quantitative estimate of drug-likeness (QED) is 0.503. The van der Waals surface area contributed by atoms with Crippen LogP contribution in [0.5, 0.6) is 11.5 Å². The van der Waals surface area contributed by atoms with Crippen LogP contribution in [0.4, 0.5) is 5.69 Å². The number of Topliss-reactive ketones (excluding diaryl/α,β-unsaturated/α-hetero) is 1. The zero-order chi connectivity index (χ0) is 18.8. The van der Waals surface area contributed by atoms with Gasteiger partial charge in [0.05, 0.1) is 17.7 Å². The van der Waals surface area contributed by atoms with Crippen LogP contribution in [-0.4, -0.2) is 34.4 Å². The second kappa shape index (κ2) is 7.16. The molecule has 3 aromatic rings. The first kappa shape index (κ1) is 17.2. The van der Waals surface area contributed by atoms with Gasteiger partial charge in [0.15, 0.2) is 23.0 Å². The number of carbonyl (C=O) groups excluding carboxylic acids is 2. The van der Waals surface area contributed by atoms with Crippen molar-refractivity contribution >= 4 is 29.1 Å². The van der Waals surface area contributed by atoms with Gasteiger partial charge in [-0.1, -0.05) is 11.8 Å². The zero-order valence-electron chi connectivity index (χ0n) is 14.1. The van der Waals surface area contributed by atoms with Crippen molar-refractivity contribution in [3.8, 4) is 23.1 Å². The molecule has 1 aliphatic rings. The Hall–Kier alpha value is -3.27. The molecule has 4 rings (SSSR count). The Bertz CT molecular complexity index is 998. The van der Waals surface area contributed by atoms with Crippen LogP contribution in [0.25, 0.3) is 11.7 Å². The van der Waals surface area contributed by atoms with Gasteiger partial charge in [-0.05, 0) is 25.1 Å². The SMILES string of the molecule is CC(=O)c1cc2c(cc1NC(=O)CSc1nnc(-c3ccco3)o1)OCO2. The number of hydrogen-bond acceptors (Lipinski definition) is 9. The first-order valence-electron chi connectivity index (χ1n) is 7.85. The number of nitrogens with one attached hydrogen (secondary N) is 1. The van der Waals surface area contributed by atoms with E-state index in [1.165, 1.54) is 13.2 Å². The largest absolute Gasteiger partial charge is 0.459 e. The molecule has 0 atom stereocenters. The summed E-state index contributed by atoms with van der Waals surface area (Å²) in [5, 5.41) is 10.7. The number of aromatic nitrogens is 2. The fraction of sp³-hybridized carbons (Fsp3) is 0.176. The van der Waals surface area contributed by atoms with E-state index in [1.807, 2.05) is 0 Å². The monoisotopic (exact) mass is 387 g/mol. The summed E-state index contributed by atoms with van der Waals surface area (Å²) in [5.74, 6) is 1.12. The van der Waals surface area contributed by atoms with Crippen LogP contribution < -0.4 is 14.8 Å². The lowest BCUT2D eigenvalue weighted by molar-refractivity contribution is -0.113. The molecule has 0 spiro atoms. The van der Waals surface area contributed by atoms with Gasteiger partial charge in [-0.3, -0.25) is 9.59 Å². The molecule has 0 bridgehead atoms. The summed E-state index contributed by atoms with van der Waals surface area (Å²) < 4.78 is 21.1. The molecular formula is C17H13N3O6S.